The summed E-state index contributed by atoms with van der Waals surface area (Å²) in [5, 5.41) is 0. The monoisotopic (exact) mass is 226 g/mol. The third-order valence-corrected chi connectivity index (χ3v) is 3.01. The summed E-state index contributed by atoms with van der Waals surface area (Å²) in [6.45, 7) is 2.82. The second-order valence-corrected chi connectivity index (χ2v) is 4.23. The van der Waals surface area contributed by atoms with E-state index in [4.69, 9.17) is 5.73 Å². The van der Waals surface area contributed by atoms with Crippen LogP contribution in [0.15, 0.2) is 30.3 Å². The number of nitrogens with zero attached hydrogens (tertiary/aromatic N) is 3. The number of aryl methyl sites for hydroxylation is 1. The summed E-state index contributed by atoms with van der Waals surface area (Å²) in [5.41, 5.74) is 8.36. The number of benzene rings is 1. The van der Waals surface area contributed by atoms with E-state index in [1.54, 1.807) is 0 Å². The minimum atomic E-state index is 0.525. The SMILES string of the molecule is Cc1nc(N)cc(N2CCc3ccccc32)n1. The molecule has 0 aliphatic carbocycles. The van der Waals surface area contributed by atoms with E-state index in [2.05, 4.69) is 39.1 Å². The highest BCUT2D eigenvalue weighted by molar-refractivity contribution is 5.68. The van der Waals surface area contributed by atoms with E-state index < -0.39 is 0 Å². The van der Waals surface area contributed by atoms with E-state index in [1.807, 2.05) is 13.0 Å². The standard InChI is InChI=1S/C13H14N4/c1-9-15-12(14)8-13(16-9)17-7-6-10-4-2-3-5-11(10)17/h2-5,8H,6-7H2,1H3,(H2,14,15,16). The zero-order chi connectivity index (χ0) is 11.8. The molecule has 1 aromatic carbocycles. The summed E-state index contributed by atoms with van der Waals surface area (Å²) >= 11 is 0. The van der Waals surface area contributed by atoms with Gasteiger partial charge in [0.2, 0.25) is 0 Å². The van der Waals surface area contributed by atoms with Crippen LogP contribution in [0.1, 0.15) is 11.4 Å². The molecule has 0 radical (unpaired) electrons. The molecule has 0 bridgehead atoms. The van der Waals surface area contributed by atoms with Gasteiger partial charge in [-0.1, -0.05) is 18.2 Å². The highest BCUT2D eigenvalue weighted by Crippen LogP contribution is 2.33. The van der Waals surface area contributed by atoms with Gasteiger partial charge in [0.15, 0.2) is 0 Å². The van der Waals surface area contributed by atoms with Crippen molar-refractivity contribution in [2.45, 2.75) is 13.3 Å². The van der Waals surface area contributed by atoms with Crippen molar-refractivity contribution in [3.8, 4) is 0 Å². The van der Waals surface area contributed by atoms with Crippen molar-refractivity contribution in [3.05, 3.63) is 41.7 Å². The number of hydrogen-bond donors (Lipinski definition) is 1. The Balaban J connectivity index is 2.06. The molecule has 1 aromatic heterocycles. The van der Waals surface area contributed by atoms with E-state index in [0.717, 1.165) is 18.8 Å². The number of nitrogen functional groups attached to an aromatic ring is 1. The smallest absolute Gasteiger partial charge is 0.138 e. The van der Waals surface area contributed by atoms with Crippen molar-refractivity contribution in [3.63, 3.8) is 0 Å². The molecule has 0 fully saturated rings. The molecule has 0 saturated carbocycles. The average molecular weight is 226 g/mol. The van der Waals surface area contributed by atoms with Gasteiger partial charge in [-0.3, -0.25) is 0 Å². The zero-order valence-electron chi connectivity index (χ0n) is 9.72. The maximum Gasteiger partial charge on any atom is 0.138 e. The molecule has 3 rings (SSSR count). The molecular formula is C13H14N4. The summed E-state index contributed by atoms with van der Waals surface area (Å²) in [6, 6.07) is 10.2. The number of fused-ring (bicyclic) bond motifs is 1. The van der Waals surface area contributed by atoms with Gasteiger partial charge in [-0.25, -0.2) is 9.97 Å². The molecular weight excluding hydrogens is 212 g/mol. The molecule has 0 saturated heterocycles. The maximum absolute atomic E-state index is 5.77. The molecule has 2 aromatic rings. The summed E-state index contributed by atoms with van der Waals surface area (Å²) in [7, 11) is 0. The fourth-order valence-corrected chi connectivity index (χ4v) is 2.29. The van der Waals surface area contributed by atoms with E-state index in [-0.39, 0.29) is 0 Å². The van der Waals surface area contributed by atoms with Crippen LogP contribution in [0, 0.1) is 6.92 Å². The summed E-state index contributed by atoms with van der Waals surface area (Å²) in [6.07, 6.45) is 1.05. The molecule has 4 nitrogen and oxygen atoms in total. The first-order chi connectivity index (χ1) is 8.24. The van der Waals surface area contributed by atoms with Crippen LogP contribution in [-0.4, -0.2) is 16.5 Å². The molecule has 2 heterocycles. The van der Waals surface area contributed by atoms with Gasteiger partial charge in [-0.05, 0) is 25.0 Å². The van der Waals surface area contributed by atoms with Crippen LogP contribution < -0.4 is 10.6 Å². The minimum Gasteiger partial charge on any atom is -0.384 e. The van der Waals surface area contributed by atoms with Gasteiger partial charge in [-0.2, -0.15) is 0 Å². The first-order valence-corrected chi connectivity index (χ1v) is 5.70. The highest BCUT2D eigenvalue weighted by Gasteiger charge is 2.21. The normalized spacial score (nSPS) is 13.8. The lowest BCUT2D eigenvalue weighted by Gasteiger charge is -2.18. The van der Waals surface area contributed by atoms with Gasteiger partial charge in [-0.15, -0.1) is 0 Å². The Bertz CT molecular complexity index is 545. The van der Waals surface area contributed by atoms with E-state index in [1.165, 1.54) is 11.3 Å². The Morgan fingerprint density at radius 1 is 1.24 bits per heavy atom. The van der Waals surface area contributed by atoms with Crippen LogP contribution >= 0.6 is 0 Å². The summed E-state index contributed by atoms with van der Waals surface area (Å²) < 4.78 is 0. The Labute approximate surface area is 100 Å². The molecule has 4 heteroatoms. The topological polar surface area (TPSA) is 55.0 Å². The van der Waals surface area contributed by atoms with Gasteiger partial charge in [0.05, 0.1) is 0 Å². The maximum atomic E-state index is 5.77. The number of rotatable bonds is 1. The first-order valence-electron chi connectivity index (χ1n) is 5.70. The van der Waals surface area contributed by atoms with Crippen LogP contribution in [0.4, 0.5) is 17.3 Å². The van der Waals surface area contributed by atoms with E-state index >= 15 is 0 Å². The van der Waals surface area contributed by atoms with Crippen LogP contribution in [-0.2, 0) is 6.42 Å². The van der Waals surface area contributed by atoms with E-state index in [0.29, 0.717) is 11.6 Å². The molecule has 17 heavy (non-hydrogen) atoms. The fourth-order valence-electron chi connectivity index (χ4n) is 2.29. The lowest BCUT2D eigenvalue weighted by Crippen LogP contribution is -2.16. The minimum absolute atomic E-state index is 0.525. The van der Waals surface area contributed by atoms with Crippen molar-refractivity contribution in [1.82, 2.24) is 9.97 Å². The van der Waals surface area contributed by atoms with Crippen molar-refractivity contribution >= 4 is 17.3 Å². The third-order valence-electron chi connectivity index (χ3n) is 3.01. The molecule has 1 aliphatic heterocycles. The molecule has 1 aliphatic rings. The Kier molecular flexibility index (Phi) is 2.21. The van der Waals surface area contributed by atoms with Crippen molar-refractivity contribution < 1.29 is 0 Å². The van der Waals surface area contributed by atoms with Crippen molar-refractivity contribution in [1.29, 1.82) is 0 Å². The molecule has 2 N–H and O–H groups in total. The average Bonchev–Trinajstić information content (AvgIpc) is 2.71. The highest BCUT2D eigenvalue weighted by atomic mass is 15.2. The molecule has 0 amide bonds. The zero-order valence-corrected chi connectivity index (χ0v) is 9.72. The van der Waals surface area contributed by atoms with Gasteiger partial charge < -0.3 is 10.6 Å². The molecule has 0 atom stereocenters. The fraction of sp³-hybridized carbons (Fsp3) is 0.231. The lowest BCUT2D eigenvalue weighted by atomic mass is 10.2. The number of hydrogen-bond acceptors (Lipinski definition) is 4. The Hall–Kier alpha value is -2.10. The van der Waals surface area contributed by atoms with Crippen LogP contribution in [0.2, 0.25) is 0 Å². The van der Waals surface area contributed by atoms with Crippen molar-refractivity contribution in [2.75, 3.05) is 17.2 Å². The van der Waals surface area contributed by atoms with Crippen molar-refractivity contribution in [2.24, 2.45) is 0 Å². The van der Waals surface area contributed by atoms with E-state index in [9.17, 15) is 0 Å². The predicted octanol–water partition coefficient (Wildman–Crippen LogP) is 2.06. The largest absolute Gasteiger partial charge is 0.384 e. The number of aromatic nitrogens is 2. The molecule has 0 spiro atoms. The van der Waals surface area contributed by atoms with Gasteiger partial charge in [0, 0.05) is 18.3 Å². The summed E-state index contributed by atoms with van der Waals surface area (Å²) in [5.74, 6) is 2.13. The Morgan fingerprint density at radius 3 is 2.88 bits per heavy atom. The first kappa shape index (κ1) is 10.1. The van der Waals surface area contributed by atoms with Crippen LogP contribution in [0.5, 0.6) is 0 Å². The summed E-state index contributed by atoms with van der Waals surface area (Å²) in [4.78, 5) is 10.7. The lowest BCUT2D eigenvalue weighted by molar-refractivity contribution is 0.948. The van der Waals surface area contributed by atoms with Gasteiger partial charge >= 0.3 is 0 Å². The van der Waals surface area contributed by atoms with Crippen LogP contribution in [0.25, 0.3) is 0 Å². The number of para-hydroxylation sites is 1. The Morgan fingerprint density at radius 2 is 2.06 bits per heavy atom. The number of anilines is 3. The number of nitrogens with two attached hydrogens (primary N) is 1. The predicted molar refractivity (Wildman–Crippen MR) is 68.3 cm³/mol. The molecule has 0 unspecified atom stereocenters. The van der Waals surface area contributed by atoms with Gasteiger partial charge in [0.25, 0.3) is 0 Å². The second-order valence-electron chi connectivity index (χ2n) is 4.23. The van der Waals surface area contributed by atoms with Gasteiger partial charge in [0.1, 0.15) is 17.5 Å². The third kappa shape index (κ3) is 1.71. The van der Waals surface area contributed by atoms with Crippen LogP contribution in [0.3, 0.4) is 0 Å². The second kappa shape index (κ2) is 3.73. The quantitative estimate of drug-likeness (QED) is 0.808. The molecule has 86 valence electrons.